The van der Waals surface area contributed by atoms with Crippen molar-refractivity contribution >= 4 is 43.9 Å². The number of hydrogen-bond acceptors (Lipinski definition) is 6. The lowest BCUT2D eigenvalue weighted by Gasteiger charge is -2.01. The van der Waals surface area contributed by atoms with Crippen LogP contribution in [0.4, 0.5) is 18.3 Å². The summed E-state index contributed by atoms with van der Waals surface area (Å²) in [6.45, 7) is 4.59. The molecule has 0 aliphatic rings. The number of fused-ring (bicyclic) bond motifs is 1. The topological polar surface area (TPSA) is 77.6 Å². The smallest absolute Gasteiger partial charge is 0.297 e. The standard InChI is InChI=1S/C17H15F3N6OS2/c1-4-26-6-10(8(2)23-26)11-7-28-16(21-11)22-14(27)12-5-9-13(17(18,19)20)24-25(3)15(9)29-12/h5-7H,4H2,1-3H3,(H,21,22,27). The summed E-state index contributed by atoms with van der Waals surface area (Å²) in [6.07, 6.45) is -2.70. The maximum Gasteiger partial charge on any atom is 0.435 e. The molecule has 0 radical (unpaired) electrons. The Morgan fingerprint density at radius 3 is 2.72 bits per heavy atom. The highest BCUT2D eigenvalue weighted by Crippen LogP contribution is 2.37. The van der Waals surface area contributed by atoms with Crippen molar-refractivity contribution in [1.29, 1.82) is 0 Å². The molecule has 0 fully saturated rings. The largest absolute Gasteiger partial charge is 0.435 e. The first-order chi connectivity index (χ1) is 13.7. The maximum atomic E-state index is 13.1. The molecular formula is C17H15F3N6OS2. The lowest BCUT2D eigenvalue weighted by Crippen LogP contribution is -2.10. The predicted molar refractivity (Wildman–Crippen MR) is 105 cm³/mol. The number of nitrogens with zero attached hydrogens (tertiary/aromatic N) is 5. The van der Waals surface area contributed by atoms with E-state index in [1.165, 1.54) is 24.5 Å². The number of carbonyl (C=O) groups excluding carboxylic acids is 1. The fourth-order valence-corrected chi connectivity index (χ4v) is 4.58. The van der Waals surface area contributed by atoms with E-state index in [0.29, 0.717) is 10.8 Å². The molecule has 0 bridgehead atoms. The number of hydrogen-bond donors (Lipinski definition) is 1. The molecule has 4 rings (SSSR count). The van der Waals surface area contributed by atoms with E-state index in [0.717, 1.165) is 33.8 Å². The van der Waals surface area contributed by atoms with Gasteiger partial charge in [-0.15, -0.1) is 22.7 Å². The van der Waals surface area contributed by atoms with Gasteiger partial charge in [-0.05, 0) is 19.9 Å². The van der Waals surface area contributed by atoms with E-state index in [4.69, 9.17) is 0 Å². The number of thiazole rings is 1. The zero-order chi connectivity index (χ0) is 20.9. The first-order valence-corrected chi connectivity index (χ1v) is 10.2. The molecule has 0 saturated heterocycles. The van der Waals surface area contributed by atoms with Crippen molar-refractivity contribution in [3.63, 3.8) is 0 Å². The summed E-state index contributed by atoms with van der Waals surface area (Å²) in [4.78, 5) is 17.4. The lowest BCUT2D eigenvalue weighted by atomic mass is 10.2. The van der Waals surface area contributed by atoms with Crippen LogP contribution >= 0.6 is 22.7 Å². The third-order valence-electron chi connectivity index (χ3n) is 4.27. The average molecular weight is 440 g/mol. The first kappa shape index (κ1) is 19.6. The number of aromatic nitrogens is 5. The van der Waals surface area contributed by atoms with Gasteiger partial charge in [0.25, 0.3) is 5.91 Å². The van der Waals surface area contributed by atoms with E-state index in [2.05, 4.69) is 20.5 Å². The van der Waals surface area contributed by atoms with Gasteiger partial charge in [0.1, 0.15) is 4.83 Å². The van der Waals surface area contributed by atoms with Crippen molar-refractivity contribution in [3.05, 3.63) is 33.9 Å². The van der Waals surface area contributed by atoms with Crippen molar-refractivity contribution in [2.75, 3.05) is 5.32 Å². The van der Waals surface area contributed by atoms with Crippen LogP contribution in [0.3, 0.4) is 0 Å². The molecule has 29 heavy (non-hydrogen) atoms. The Morgan fingerprint density at radius 2 is 2.07 bits per heavy atom. The Kier molecular flexibility index (Phi) is 4.69. The highest BCUT2D eigenvalue weighted by molar-refractivity contribution is 7.20. The van der Waals surface area contributed by atoms with Crippen LogP contribution in [0.15, 0.2) is 17.6 Å². The Balaban J connectivity index is 1.59. The molecule has 0 saturated carbocycles. The van der Waals surface area contributed by atoms with Gasteiger partial charge in [0.15, 0.2) is 10.8 Å². The van der Waals surface area contributed by atoms with Gasteiger partial charge in [0.2, 0.25) is 0 Å². The highest BCUT2D eigenvalue weighted by Gasteiger charge is 2.37. The van der Waals surface area contributed by atoms with Crippen molar-refractivity contribution in [2.45, 2.75) is 26.6 Å². The van der Waals surface area contributed by atoms with Crippen LogP contribution in [0.5, 0.6) is 0 Å². The van der Waals surface area contributed by atoms with E-state index in [1.807, 2.05) is 20.0 Å². The highest BCUT2D eigenvalue weighted by atomic mass is 32.1. The monoisotopic (exact) mass is 440 g/mol. The molecule has 4 aromatic heterocycles. The van der Waals surface area contributed by atoms with Crippen molar-refractivity contribution in [1.82, 2.24) is 24.5 Å². The number of anilines is 1. The number of alkyl halides is 3. The van der Waals surface area contributed by atoms with Crippen LogP contribution in [0.25, 0.3) is 21.5 Å². The maximum absolute atomic E-state index is 13.1. The Bertz CT molecular complexity index is 1220. The van der Waals surface area contributed by atoms with E-state index in [9.17, 15) is 18.0 Å². The van der Waals surface area contributed by atoms with Gasteiger partial charge in [-0.3, -0.25) is 19.5 Å². The van der Waals surface area contributed by atoms with Gasteiger partial charge in [-0.2, -0.15) is 23.4 Å². The van der Waals surface area contributed by atoms with Crippen LogP contribution in [-0.2, 0) is 19.8 Å². The molecule has 152 valence electrons. The summed E-state index contributed by atoms with van der Waals surface area (Å²) >= 11 is 2.19. The molecule has 4 heterocycles. The number of halogens is 3. The minimum absolute atomic E-state index is 0.0856. The second-order valence-corrected chi connectivity index (χ2v) is 8.16. The molecule has 0 atom stereocenters. The fourth-order valence-electron chi connectivity index (χ4n) is 2.91. The molecule has 7 nitrogen and oxygen atoms in total. The van der Waals surface area contributed by atoms with Crippen LogP contribution in [0, 0.1) is 6.92 Å². The summed E-state index contributed by atoms with van der Waals surface area (Å²) in [5.74, 6) is -0.513. The second-order valence-electron chi connectivity index (χ2n) is 6.28. The summed E-state index contributed by atoms with van der Waals surface area (Å²) in [5.41, 5.74) is 1.38. The molecule has 0 aromatic carbocycles. The predicted octanol–water partition coefficient (Wildman–Crippen LogP) is 4.55. The number of amides is 1. The fraction of sp³-hybridized carbons (Fsp3) is 0.294. The number of carbonyl (C=O) groups is 1. The number of thiophene rings is 1. The Hall–Kier alpha value is -2.73. The number of rotatable bonds is 4. The van der Waals surface area contributed by atoms with Gasteiger partial charge in [0.05, 0.1) is 16.3 Å². The van der Waals surface area contributed by atoms with Gasteiger partial charge >= 0.3 is 6.18 Å². The van der Waals surface area contributed by atoms with E-state index in [1.54, 1.807) is 10.1 Å². The van der Waals surface area contributed by atoms with E-state index < -0.39 is 17.8 Å². The number of nitrogens with one attached hydrogen (secondary N) is 1. The minimum atomic E-state index is -4.58. The zero-order valence-corrected chi connectivity index (χ0v) is 17.2. The normalized spacial score (nSPS) is 12.1. The van der Waals surface area contributed by atoms with Crippen LogP contribution in [0.2, 0.25) is 0 Å². The van der Waals surface area contributed by atoms with Crippen molar-refractivity contribution < 1.29 is 18.0 Å². The van der Waals surface area contributed by atoms with Gasteiger partial charge in [0, 0.05) is 36.1 Å². The Labute approximate surface area is 170 Å². The van der Waals surface area contributed by atoms with Crippen molar-refractivity contribution in [2.24, 2.45) is 7.05 Å². The summed E-state index contributed by atoms with van der Waals surface area (Å²) < 4.78 is 42.3. The van der Waals surface area contributed by atoms with Crippen molar-refractivity contribution in [3.8, 4) is 11.3 Å². The summed E-state index contributed by atoms with van der Waals surface area (Å²) in [6, 6.07) is 1.22. The molecule has 0 spiro atoms. The summed E-state index contributed by atoms with van der Waals surface area (Å²) in [5, 5.41) is 12.6. The molecule has 12 heteroatoms. The summed E-state index contributed by atoms with van der Waals surface area (Å²) in [7, 11) is 1.42. The lowest BCUT2D eigenvalue weighted by molar-refractivity contribution is -0.140. The molecule has 0 aliphatic heterocycles. The van der Waals surface area contributed by atoms with Gasteiger partial charge in [-0.1, -0.05) is 0 Å². The molecular weight excluding hydrogens is 425 g/mol. The minimum Gasteiger partial charge on any atom is -0.297 e. The first-order valence-electron chi connectivity index (χ1n) is 8.52. The molecule has 1 N–H and O–H groups in total. The third-order valence-corrected chi connectivity index (χ3v) is 6.23. The third kappa shape index (κ3) is 3.53. The van der Waals surface area contributed by atoms with Crippen LogP contribution in [-0.4, -0.2) is 30.5 Å². The number of aryl methyl sites for hydroxylation is 3. The van der Waals surface area contributed by atoms with Gasteiger partial charge in [-0.25, -0.2) is 4.98 Å². The van der Waals surface area contributed by atoms with Crippen LogP contribution < -0.4 is 5.32 Å². The van der Waals surface area contributed by atoms with E-state index in [-0.39, 0.29) is 15.1 Å². The van der Waals surface area contributed by atoms with Crippen LogP contribution in [0.1, 0.15) is 28.0 Å². The SMILES string of the molecule is CCn1cc(-c2csc(NC(=O)c3cc4c(C(F)(F)F)nn(C)c4s3)n2)c(C)n1. The molecule has 0 unspecified atom stereocenters. The Morgan fingerprint density at radius 1 is 1.31 bits per heavy atom. The molecule has 1 amide bonds. The average Bonchev–Trinajstić information content (AvgIpc) is 3.39. The molecule has 4 aromatic rings. The molecule has 0 aliphatic carbocycles. The second kappa shape index (κ2) is 6.95. The quantitative estimate of drug-likeness (QED) is 0.505. The van der Waals surface area contributed by atoms with Gasteiger partial charge < -0.3 is 0 Å². The van der Waals surface area contributed by atoms with E-state index >= 15 is 0 Å². The zero-order valence-electron chi connectivity index (χ0n) is 15.5.